The van der Waals surface area contributed by atoms with Crippen LogP contribution in [0.5, 0.6) is 0 Å². The molecule has 0 bridgehead atoms. The summed E-state index contributed by atoms with van der Waals surface area (Å²) in [5, 5.41) is 0. The molecular formula is C13H24. The Morgan fingerprint density at radius 1 is 0.923 bits per heavy atom. The van der Waals surface area contributed by atoms with Crippen LogP contribution in [-0.2, 0) is 0 Å². The maximum atomic E-state index is 2.47. The van der Waals surface area contributed by atoms with Crippen LogP contribution < -0.4 is 0 Å². The summed E-state index contributed by atoms with van der Waals surface area (Å²) in [5.41, 5.74) is 0. The van der Waals surface area contributed by atoms with Gasteiger partial charge in [-0.1, -0.05) is 51.7 Å². The van der Waals surface area contributed by atoms with E-state index in [0.29, 0.717) is 0 Å². The zero-order chi connectivity index (χ0) is 9.52. The van der Waals surface area contributed by atoms with Crippen molar-refractivity contribution < 1.29 is 0 Å². The van der Waals surface area contributed by atoms with Crippen molar-refractivity contribution in [2.45, 2.75) is 58.8 Å². The normalized spacial score (nSPS) is 26.9. The molecule has 0 aromatic carbocycles. The molecular weight excluding hydrogens is 156 g/mol. The predicted octanol–water partition coefficient (Wildman–Crippen LogP) is 4.56. The summed E-state index contributed by atoms with van der Waals surface area (Å²) in [5.74, 6) is 1.84. The first-order valence-electron chi connectivity index (χ1n) is 6.05. The topological polar surface area (TPSA) is 0 Å². The highest BCUT2D eigenvalue weighted by atomic mass is 14.2. The van der Waals surface area contributed by atoms with Crippen LogP contribution in [0, 0.1) is 11.8 Å². The van der Waals surface area contributed by atoms with E-state index in [1.807, 2.05) is 0 Å². The van der Waals surface area contributed by atoms with Crippen LogP contribution in [-0.4, -0.2) is 0 Å². The van der Waals surface area contributed by atoms with Crippen molar-refractivity contribution in [2.75, 3.05) is 0 Å². The van der Waals surface area contributed by atoms with E-state index in [-0.39, 0.29) is 0 Å². The lowest BCUT2D eigenvalue weighted by Gasteiger charge is -2.10. The molecule has 0 aliphatic heterocycles. The van der Waals surface area contributed by atoms with Crippen LogP contribution in [0.25, 0.3) is 0 Å². The fourth-order valence-electron chi connectivity index (χ4n) is 2.22. The van der Waals surface area contributed by atoms with Crippen LogP contribution in [0.15, 0.2) is 12.2 Å². The highest BCUT2D eigenvalue weighted by molar-refractivity contribution is 5.01. The first-order valence-corrected chi connectivity index (χ1v) is 6.05. The second-order valence-corrected chi connectivity index (χ2v) is 4.43. The van der Waals surface area contributed by atoms with Gasteiger partial charge >= 0.3 is 0 Å². The van der Waals surface area contributed by atoms with Crippen molar-refractivity contribution >= 4 is 0 Å². The zero-order valence-electron chi connectivity index (χ0n) is 9.26. The van der Waals surface area contributed by atoms with Gasteiger partial charge in [0.2, 0.25) is 0 Å². The SMILES string of the molecule is CCCC[C@H]1C=C[C@@H](CCCC)C1. The molecule has 0 aromatic rings. The fraction of sp³-hybridized carbons (Fsp3) is 0.846. The minimum Gasteiger partial charge on any atom is -0.0851 e. The van der Waals surface area contributed by atoms with E-state index in [9.17, 15) is 0 Å². The first kappa shape index (κ1) is 10.8. The number of allylic oxidation sites excluding steroid dienone is 2. The quantitative estimate of drug-likeness (QED) is 0.526. The number of hydrogen-bond acceptors (Lipinski definition) is 0. The molecule has 1 rings (SSSR count). The van der Waals surface area contributed by atoms with Gasteiger partial charge in [0.05, 0.1) is 0 Å². The van der Waals surface area contributed by atoms with E-state index in [1.54, 1.807) is 0 Å². The molecule has 0 unspecified atom stereocenters. The Kier molecular flexibility index (Phi) is 5.19. The fourth-order valence-corrected chi connectivity index (χ4v) is 2.22. The Hall–Kier alpha value is -0.260. The monoisotopic (exact) mass is 180 g/mol. The van der Waals surface area contributed by atoms with Gasteiger partial charge in [-0.3, -0.25) is 0 Å². The summed E-state index contributed by atoms with van der Waals surface area (Å²) in [6.07, 6.45) is 14.8. The van der Waals surface area contributed by atoms with Gasteiger partial charge in [0.1, 0.15) is 0 Å². The molecule has 0 heteroatoms. The maximum Gasteiger partial charge on any atom is -0.0228 e. The summed E-state index contributed by atoms with van der Waals surface area (Å²) in [6.45, 7) is 4.57. The summed E-state index contributed by atoms with van der Waals surface area (Å²) >= 11 is 0. The number of hydrogen-bond donors (Lipinski definition) is 0. The molecule has 0 spiro atoms. The van der Waals surface area contributed by atoms with Gasteiger partial charge < -0.3 is 0 Å². The Balaban J connectivity index is 2.10. The molecule has 0 fully saturated rings. The van der Waals surface area contributed by atoms with Crippen LogP contribution in [0.4, 0.5) is 0 Å². The standard InChI is InChI=1S/C13H24/c1-3-5-7-12-9-10-13(11-12)8-6-4-2/h9-10,12-13H,3-8,11H2,1-2H3/t12-,13+. The van der Waals surface area contributed by atoms with Crippen LogP contribution >= 0.6 is 0 Å². The van der Waals surface area contributed by atoms with E-state index in [1.165, 1.54) is 44.9 Å². The molecule has 0 saturated carbocycles. The van der Waals surface area contributed by atoms with Gasteiger partial charge in [0.25, 0.3) is 0 Å². The molecule has 0 amide bonds. The Labute approximate surface area is 83.4 Å². The molecule has 0 saturated heterocycles. The largest absolute Gasteiger partial charge is 0.0851 e. The lowest BCUT2D eigenvalue weighted by atomic mass is 9.95. The van der Waals surface area contributed by atoms with Crippen molar-refractivity contribution in [2.24, 2.45) is 11.8 Å². The van der Waals surface area contributed by atoms with E-state index >= 15 is 0 Å². The minimum atomic E-state index is 0.918. The van der Waals surface area contributed by atoms with Crippen molar-refractivity contribution in [1.82, 2.24) is 0 Å². The smallest absolute Gasteiger partial charge is 0.0228 e. The molecule has 0 nitrogen and oxygen atoms in total. The van der Waals surface area contributed by atoms with Gasteiger partial charge in [-0.15, -0.1) is 0 Å². The Morgan fingerprint density at radius 2 is 1.38 bits per heavy atom. The summed E-state index contributed by atoms with van der Waals surface area (Å²) in [7, 11) is 0. The van der Waals surface area contributed by atoms with Crippen LogP contribution in [0.2, 0.25) is 0 Å². The summed E-state index contributed by atoms with van der Waals surface area (Å²) < 4.78 is 0. The predicted molar refractivity (Wildman–Crippen MR) is 59.8 cm³/mol. The Morgan fingerprint density at radius 3 is 1.77 bits per heavy atom. The number of rotatable bonds is 6. The van der Waals surface area contributed by atoms with E-state index in [0.717, 1.165) is 11.8 Å². The lowest BCUT2D eigenvalue weighted by Crippen LogP contribution is -1.98. The van der Waals surface area contributed by atoms with Gasteiger partial charge in [0.15, 0.2) is 0 Å². The highest BCUT2D eigenvalue weighted by Crippen LogP contribution is 2.30. The molecule has 13 heavy (non-hydrogen) atoms. The average molecular weight is 180 g/mol. The second kappa shape index (κ2) is 6.23. The zero-order valence-corrected chi connectivity index (χ0v) is 9.26. The third-order valence-corrected chi connectivity index (χ3v) is 3.12. The minimum absolute atomic E-state index is 0.918. The Bertz CT molecular complexity index is 130. The molecule has 0 N–H and O–H groups in total. The van der Waals surface area contributed by atoms with Gasteiger partial charge in [-0.05, 0) is 31.1 Å². The molecule has 2 atom stereocenters. The molecule has 76 valence electrons. The third kappa shape index (κ3) is 3.97. The molecule has 0 radical (unpaired) electrons. The second-order valence-electron chi connectivity index (χ2n) is 4.43. The van der Waals surface area contributed by atoms with Gasteiger partial charge in [0, 0.05) is 0 Å². The van der Waals surface area contributed by atoms with Crippen molar-refractivity contribution in [3.8, 4) is 0 Å². The van der Waals surface area contributed by atoms with Crippen LogP contribution in [0.1, 0.15) is 58.8 Å². The van der Waals surface area contributed by atoms with Gasteiger partial charge in [-0.25, -0.2) is 0 Å². The lowest BCUT2D eigenvalue weighted by molar-refractivity contribution is 0.451. The van der Waals surface area contributed by atoms with Crippen molar-refractivity contribution in [3.63, 3.8) is 0 Å². The molecule has 1 aliphatic rings. The summed E-state index contributed by atoms with van der Waals surface area (Å²) in [6, 6.07) is 0. The molecule has 1 aliphatic carbocycles. The van der Waals surface area contributed by atoms with Gasteiger partial charge in [-0.2, -0.15) is 0 Å². The third-order valence-electron chi connectivity index (χ3n) is 3.12. The average Bonchev–Trinajstić information content (AvgIpc) is 2.59. The molecule has 0 heterocycles. The first-order chi connectivity index (χ1) is 6.36. The van der Waals surface area contributed by atoms with E-state index in [4.69, 9.17) is 0 Å². The van der Waals surface area contributed by atoms with Crippen LogP contribution in [0.3, 0.4) is 0 Å². The van der Waals surface area contributed by atoms with Crippen molar-refractivity contribution in [3.05, 3.63) is 12.2 Å². The number of unbranched alkanes of at least 4 members (excludes halogenated alkanes) is 2. The molecule has 0 aromatic heterocycles. The van der Waals surface area contributed by atoms with E-state index in [2.05, 4.69) is 26.0 Å². The van der Waals surface area contributed by atoms with Crippen molar-refractivity contribution in [1.29, 1.82) is 0 Å². The maximum absolute atomic E-state index is 2.47. The highest BCUT2D eigenvalue weighted by Gasteiger charge is 2.17. The summed E-state index contributed by atoms with van der Waals surface area (Å²) in [4.78, 5) is 0. The van der Waals surface area contributed by atoms with E-state index < -0.39 is 0 Å².